The predicted molar refractivity (Wildman–Crippen MR) is 82.2 cm³/mol. The van der Waals surface area contributed by atoms with Gasteiger partial charge in [-0.05, 0) is 49.5 Å². The van der Waals surface area contributed by atoms with Crippen molar-refractivity contribution < 1.29 is 4.39 Å². The highest BCUT2D eigenvalue weighted by atomic mass is 19.1. The molecule has 0 amide bonds. The topological polar surface area (TPSA) is 15.3 Å². The van der Waals surface area contributed by atoms with Crippen molar-refractivity contribution in [3.63, 3.8) is 0 Å². The molecule has 1 aromatic carbocycles. The van der Waals surface area contributed by atoms with Crippen LogP contribution in [0.2, 0.25) is 0 Å². The summed E-state index contributed by atoms with van der Waals surface area (Å²) in [7, 11) is 0. The molecule has 0 spiro atoms. The van der Waals surface area contributed by atoms with Crippen molar-refractivity contribution in [1.82, 2.24) is 10.2 Å². The number of likely N-dealkylation sites (tertiary alicyclic amines) is 1. The second-order valence-electron chi connectivity index (χ2n) is 5.88. The number of hydrogen-bond donors (Lipinski definition) is 1. The largest absolute Gasteiger partial charge is 0.314 e. The molecule has 2 rings (SSSR count). The second kappa shape index (κ2) is 7.75. The van der Waals surface area contributed by atoms with E-state index in [9.17, 15) is 4.39 Å². The van der Waals surface area contributed by atoms with Crippen molar-refractivity contribution in [3.05, 3.63) is 35.6 Å². The summed E-state index contributed by atoms with van der Waals surface area (Å²) in [5.41, 5.74) is 1.08. The Labute approximate surface area is 122 Å². The molecule has 1 fully saturated rings. The van der Waals surface area contributed by atoms with Crippen molar-refractivity contribution >= 4 is 0 Å². The van der Waals surface area contributed by atoms with E-state index in [1.165, 1.54) is 25.3 Å². The monoisotopic (exact) mass is 278 g/mol. The van der Waals surface area contributed by atoms with Gasteiger partial charge in [0, 0.05) is 19.1 Å². The van der Waals surface area contributed by atoms with Crippen molar-refractivity contribution in [3.8, 4) is 0 Å². The molecule has 112 valence electrons. The van der Waals surface area contributed by atoms with E-state index in [1.807, 2.05) is 6.07 Å². The van der Waals surface area contributed by atoms with Crippen LogP contribution in [0, 0.1) is 11.7 Å². The van der Waals surface area contributed by atoms with E-state index < -0.39 is 0 Å². The third-order valence-electron chi connectivity index (χ3n) is 4.29. The van der Waals surface area contributed by atoms with E-state index in [1.54, 1.807) is 12.1 Å². The fraction of sp³-hybridized carbons (Fsp3) is 0.647. The fourth-order valence-corrected chi connectivity index (χ4v) is 3.16. The van der Waals surface area contributed by atoms with Crippen molar-refractivity contribution in [1.29, 1.82) is 0 Å². The van der Waals surface area contributed by atoms with Crippen LogP contribution in [0.1, 0.15) is 38.7 Å². The number of benzene rings is 1. The Morgan fingerprint density at radius 2 is 2.20 bits per heavy atom. The second-order valence-corrected chi connectivity index (χ2v) is 5.88. The minimum Gasteiger partial charge on any atom is -0.314 e. The van der Waals surface area contributed by atoms with Gasteiger partial charge in [-0.1, -0.05) is 32.4 Å². The van der Waals surface area contributed by atoms with Crippen LogP contribution in [0.5, 0.6) is 0 Å². The van der Waals surface area contributed by atoms with Crippen LogP contribution in [-0.4, -0.2) is 30.6 Å². The van der Waals surface area contributed by atoms with Crippen LogP contribution in [0.3, 0.4) is 0 Å². The van der Waals surface area contributed by atoms with Crippen molar-refractivity contribution in [2.45, 2.75) is 45.7 Å². The maximum Gasteiger partial charge on any atom is 0.123 e. The Bertz CT molecular complexity index is 408. The first-order valence-corrected chi connectivity index (χ1v) is 7.93. The average Bonchev–Trinajstić information content (AvgIpc) is 2.46. The van der Waals surface area contributed by atoms with Crippen LogP contribution < -0.4 is 5.32 Å². The van der Waals surface area contributed by atoms with E-state index in [4.69, 9.17) is 0 Å². The molecule has 1 N–H and O–H groups in total. The van der Waals surface area contributed by atoms with Gasteiger partial charge in [-0.2, -0.15) is 0 Å². The minimum atomic E-state index is -0.131. The van der Waals surface area contributed by atoms with Gasteiger partial charge in [-0.3, -0.25) is 4.90 Å². The molecule has 1 aromatic rings. The molecule has 1 saturated heterocycles. The van der Waals surface area contributed by atoms with Gasteiger partial charge in [0.25, 0.3) is 0 Å². The lowest BCUT2D eigenvalue weighted by Crippen LogP contribution is -2.49. The van der Waals surface area contributed by atoms with Gasteiger partial charge in [0.2, 0.25) is 0 Å². The van der Waals surface area contributed by atoms with Crippen molar-refractivity contribution in [2.24, 2.45) is 5.92 Å². The smallest absolute Gasteiger partial charge is 0.123 e. The normalized spacial score (nSPS) is 23.9. The zero-order valence-corrected chi connectivity index (χ0v) is 12.7. The molecule has 2 atom stereocenters. The van der Waals surface area contributed by atoms with E-state index in [2.05, 4.69) is 24.1 Å². The Kier molecular flexibility index (Phi) is 5.99. The first kappa shape index (κ1) is 15.5. The standard InChI is InChI=1S/C17H27FN2/c1-3-9-19-17-8-10-20(13-15(17)4-2)12-14-6-5-7-16(18)11-14/h5-7,11,15,17,19H,3-4,8-10,12-13H2,1-2H3. The van der Waals surface area contributed by atoms with Gasteiger partial charge in [0.1, 0.15) is 5.82 Å². The van der Waals surface area contributed by atoms with Gasteiger partial charge in [-0.25, -0.2) is 4.39 Å². The van der Waals surface area contributed by atoms with Crippen LogP contribution >= 0.6 is 0 Å². The zero-order valence-electron chi connectivity index (χ0n) is 12.7. The molecule has 2 nitrogen and oxygen atoms in total. The summed E-state index contributed by atoms with van der Waals surface area (Å²) >= 11 is 0. The number of nitrogens with zero attached hydrogens (tertiary/aromatic N) is 1. The van der Waals surface area contributed by atoms with Gasteiger partial charge < -0.3 is 5.32 Å². The van der Waals surface area contributed by atoms with Gasteiger partial charge in [0.15, 0.2) is 0 Å². The Morgan fingerprint density at radius 3 is 2.90 bits per heavy atom. The van der Waals surface area contributed by atoms with E-state index >= 15 is 0 Å². The Hall–Kier alpha value is -0.930. The first-order chi connectivity index (χ1) is 9.72. The SMILES string of the molecule is CCCNC1CCN(Cc2cccc(F)c2)CC1CC. The molecule has 1 heterocycles. The number of piperidine rings is 1. The summed E-state index contributed by atoms with van der Waals surface area (Å²) in [4.78, 5) is 2.47. The fourth-order valence-electron chi connectivity index (χ4n) is 3.16. The van der Waals surface area contributed by atoms with Gasteiger partial charge in [-0.15, -0.1) is 0 Å². The number of rotatable bonds is 6. The van der Waals surface area contributed by atoms with E-state index in [0.29, 0.717) is 12.0 Å². The summed E-state index contributed by atoms with van der Waals surface area (Å²) < 4.78 is 13.2. The molecule has 1 aliphatic rings. The minimum absolute atomic E-state index is 0.131. The van der Waals surface area contributed by atoms with E-state index in [-0.39, 0.29) is 5.82 Å². The Morgan fingerprint density at radius 1 is 1.35 bits per heavy atom. The third kappa shape index (κ3) is 4.29. The maximum atomic E-state index is 13.2. The molecular formula is C17H27FN2. The summed E-state index contributed by atoms with van der Waals surface area (Å²) in [5.74, 6) is 0.581. The lowest BCUT2D eigenvalue weighted by molar-refractivity contribution is 0.129. The number of nitrogens with one attached hydrogen (secondary N) is 1. The summed E-state index contributed by atoms with van der Waals surface area (Å²) in [6, 6.07) is 7.65. The van der Waals surface area contributed by atoms with Crippen LogP contribution in [0.4, 0.5) is 4.39 Å². The van der Waals surface area contributed by atoms with Gasteiger partial charge >= 0.3 is 0 Å². The molecule has 0 aliphatic carbocycles. The van der Waals surface area contributed by atoms with Crippen LogP contribution in [0.15, 0.2) is 24.3 Å². The van der Waals surface area contributed by atoms with Crippen LogP contribution in [0.25, 0.3) is 0 Å². The lowest BCUT2D eigenvalue weighted by atomic mass is 9.89. The number of halogens is 1. The quantitative estimate of drug-likeness (QED) is 0.857. The summed E-state index contributed by atoms with van der Waals surface area (Å²) in [6.45, 7) is 8.70. The van der Waals surface area contributed by atoms with Gasteiger partial charge in [0.05, 0.1) is 0 Å². The molecule has 0 radical (unpaired) electrons. The highest BCUT2D eigenvalue weighted by Gasteiger charge is 2.27. The predicted octanol–water partition coefficient (Wildman–Crippen LogP) is 3.43. The molecule has 3 heteroatoms. The summed E-state index contributed by atoms with van der Waals surface area (Å²) in [6.07, 6.45) is 3.61. The zero-order chi connectivity index (χ0) is 14.4. The van der Waals surface area contributed by atoms with Crippen molar-refractivity contribution in [2.75, 3.05) is 19.6 Å². The molecule has 0 bridgehead atoms. The average molecular weight is 278 g/mol. The van der Waals surface area contributed by atoms with Crippen LogP contribution in [-0.2, 0) is 6.54 Å². The first-order valence-electron chi connectivity index (χ1n) is 7.93. The molecule has 20 heavy (non-hydrogen) atoms. The maximum absolute atomic E-state index is 13.2. The number of hydrogen-bond acceptors (Lipinski definition) is 2. The third-order valence-corrected chi connectivity index (χ3v) is 4.29. The Balaban J connectivity index is 1.89. The highest BCUT2D eigenvalue weighted by molar-refractivity contribution is 5.16. The highest BCUT2D eigenvalue weighted by Crippen LogP contribution is 2.22. The molecule has 0 aromatic heterocycles. The molecule has 2 unspecified atom stereocenters. The lowest BCUT2D eigenvalue weighted by Gasteiger charge is -2.39. The summed E-state index contributed by atoms with van der Waals surface area (Å²) in [5, 5.41) is 3.68. The molecule has 1 aliphatic heterocycles. The van der Waals surface area contributed by atoms with E-state index in [0.717, 1.165) is 31.7 Å². The molecular weight excluding hydrogens is 251 g/mol. The molecule has 0 saturated carbocycles.